The smallest absolute Gasteiger partial charge is 0.242 e. The van der Waals surface area contributed by atoms with Crippen molar-refractivity contribution in [1.82, 2.24) is 10.2 Å². The Morgan fingerprint density at radius 3 is 2.48 bits per heavy atom. The van der Waals surface area contributed by atoms with Crippen molar-refractivity contribution in [3.05, 3.63) is 71.0 Å². The quantitative estimate of drug-likeness (QED) is 0.663. The number of nitrogens with zero attached hydrogens (tertiary/aromatic N) is 1. The number of amides is 2. The number of thioether (sulfide) groups is 1. The van der Waals surface area contributed by atoms with Gasteiger partial charge in [-0.25, -0.2) is 4.39 Å². The minimum atomic E-state index is -0.691. The zero-order valence-corrected chi connectivity index (χ0v) is 18.3. The van der Waals surface area contributed by atoms with Crippen molar-refractivity contribution in [2.24, 2.45) is 0 Å². The molecule has 2 aromatic carbocycles. The number of carbonyl (C=O) groups is 2. The maximum absolute atomic E-state index is 14.2. The van der Waals surface area contributed by atoms with Gasteiger partial charge in [-0.2, -0.15) is 0 Å². The van der Waals surface area contributed by atoms with Crippen LogP contribution in [0.3, 0.4) is 0 Å². The van der Waals surface area contributed by atoms with Crippen molar-refractivity contribution in [1.29, 1.82) is 0 Å². The van der Waals surface area contributed by atoms with Crippen LogP contribution in [0, 0.1) is 12.7 Å². The first-order valence-corrected chi connectivity index (χ1v) is 10.9. The highest BCUT2D eigenvalue weighted by molar-refractivity contribution is 7.99. The van der Waals surface area contributed by atoms with E-state index in [1.165, 1.54) is 28.3 Å². The highest BCUT2D eigenvalue weighted by atomic mass is 32.2. The summed E-state index contributed by atoms with van der Waals surface area (Å²) < 4.78 is 14.2. The minimum Gasteiger partial charge on any atom is -0.352 e. The molecule has 0 bridgehead atoms. The molecule has 156 valence electrons. The van der Waals surface area contributed by atoms with Gasteiger partial charge in [-0.1, -0.05) is 48.0 Å². The number of hydrogen-bond acceptors (Lipinski definition) is 3. The van der Waals surface area contributed by atoms with E-state index in [2.05, 4.69) is 11.4 Å². The summed E-state index contributed by atoms with van der Waals surface area (Å²) in [7, 11) is 0. The lowest BCUT2D eigenvalue weighted by Crippen LogP contribution is -2.49. The fourth-order valence-electron chi connectivity index (χ4n) is 2.94. The average molecular weight is 417 g/mol. The van der Waals surface area contributed by atoms with Crippen LogP contribution in [0.15, 0.2) is 48.5 Å². The van der Waals surface area contributed by atoms with Crippen LogP contribution in [-0.4, -0.2) is 34.6 Å². The summed E-state index contributed by atoms with van der Waals surface area (Å²) in [6, 6.07) is 13.8. The summed E-state index contributed by atoms with van der Waals surface area (Å²) >= 11 is 1.49. The van der Waals surface area contributed by atoms with E-state index in [9.17, 15) is 14.0 Å². The fraction of sp³-hybridized carbons (Fsp3) is 0.391. The van der Waals surface area contributed by atoms with Crippen LogP contribution in [0.2, 0.25) is 0 Å². The van der Waals surface area contributed by atoms with Gasteiger partial charge in [-0.15, -0.1) is 11.8 Å². The molecule has 2 rings (SSSR count). The largest absolute Gasteiger partial charge is 0.352 e. The Hall–Kier alpha value is -2.34. The molecule has 0 heterocycles. The SMILES string of the molecule is Cc1cccc(CSCC(=O)N(Cc2ccccc2F)[C@@H](C)C(=O)NC(C)C)c1. The Balaban J connectivity index is 2.09. The number of nitrogens with one attached hydrogen (secondary N) is 1. The van der Waals surface area contributed by atoms with E-state index < -0.39 is 6.04 Å². The molecular weight excluding hydrogens is 387 g/mol. The Kier molecular flexibility index (Phi) is 8.70. The summed E-state index contributed by atoms with van der Waals surface area (Å²) in [5, 5.41) is 2.83. The lowest BCUT2D eigenvalue weighted by Gasteiger charge is -2.29. The Morgan fingerprint density at radius 2 is 1.83 bits per heavy atom. The van der Waals surface area contributed by atoms with E-state index in [4.69, 9.17) is 0 Å². The number of halogens is 1. The molecule has 0 saturated heterocycles. The standard InChI is InChI=1S/C23H29FN2O2S/c1-16(2)25-23(28)18(4)26(13-20-10-5-6-11-21(20)24)22(27)15-29-14-19-9-7-8-17(3)12-19/h5-12,16,18H,13-15H2,1-4H3,(H,25,28)/t18-/m0/s1. The molecule has 0 saturated carbocycles. The van der Waals surface area contributed by atoms with Crippen LogP contribution in [0.5, 0.6) is 0 Å². The maximum Gasteiger partial charge on any atom is 0.242 e. The highest BCUT2D eigenvalue weighted by Crippen LogP contribution is 2.18. The van der Waals surface area contributed by atoms with Crippen molar-refractivity contribution in [2.75, 3.05) is 5.75 Å². The molecule has 0 aromatic heterocycles. The molecule has 0 aliphatic carbocycles. The molecule has 0 unspecified atom stereocenters. The topological polar surface area (TPSA) is 49.4 Å². The van der Waals surface area contributed by atoms with Crippen LogP contribution in [0.4, 0.5) is 4.39 Å². The predicted molar refractivity (Wildman–Crippen MR) is 117 cm³/mol. The second-order valence-electron chi connectivity index (χ2n) is 7.43. The zero-order chi connectivity index (χ0) is 21.4. The van der Waals surface area contributed by atoms with E-state index in [1.807, 2.05) is 39.0 Å². The second kappa shape index (κ2) is 11.0. The lowest BCUT2D eigenvalue weighted by molar-refractivity contribution is -0.138. The van der Waals surface area contributed by atoms with E-state index in [0.29, 0.717) is 11.3 Å². The Bertz CT molecular complexity index is 841. The third-order valence-corrected chi connectivity index (χ3v) is 5.46. The first kappa shape index (κ1) is 22.9. The molecule has 4 nitrogen and oxygen atoms in total. The monoisotopic (exact) mass is 416 g/mol. The van der Waals surface area contributed by atoms with Gasteiger partial charge in [0.05, 0.1) is 5.75 Å². The van der Waals surface area contributed by atoms with Crippen molar-refractivity contribution in [2.45, 2.75) is 52.1 Å². The summed E-state index contributed by atoms with van der Waals surface area (Å²) in [6.07, 6.45) is 0. The summed E-state index contributed by atoms with van der Waals surface area (Å²) in [6.45, 7) is 7.51. The van der Waals surface area contributed by atoms with Crippen molar-refractivity contribution in [3.8, 4) is 0 Å². The molecule has 6 heteroatoms. The average Bonchev–Trinajstić information content (AvgIpc) is 2.66. The number of aryl methyl sites for hydroxylation is 1. The van der Waals surface area contributed by atoms with Crippen LogP contribution < -0.4 is 5.32 Å². The van der Waals surface area contributed by atoms with Crippen LogP contribution in [0.1, 0.15) is 37.5 Å². The second-order valence-corrected chi connectivity index (χ2v) is 8.42. The maximum atomic E-state index is 14.2. The van der Waals surface area contributed by atoms with Gasteiger partial charge in [0.25, 0.3) is 0 Å². The molecular formula is C23H29FN2O2S. The first-order chi connectivity index (χ1) is 13.8. The van der Waals surface area contributed by atoms with Gasteiger partial charge in [0.2, 0.25) is 11.8 Å². The number of benzene rings is 2. The van der Waals surface area contributed by atoms with Gasteiger partial charge in [0.15, 0.2) is 0 Å². The molecule has 0 fully saturated rings. The summed E-state index contributed by atoms with van der Waals surface area (Å²) in [5.41, 5.74) is 2.72. The number of hydrogen-bond donors (Lipinski definition) is 1. The van der Waals surface area contributed by atoms with Crippen LogP contribution in [-0.2, 0) is 21.9 Å². The van der Waals surface area contributed by atoms with E-state index >= 15 is 0 Å². The number of carbonyl (C=O) groups excluding carboxylic acids is 2. The van der Waals surface area contributed by atoms with Gasteiger partial charge in [0, 0.05) is 23.9 Å². The van der Waals surface area contributed by atoms with Gasteiger partial charge < -0.3 is 10.2 Å². The van der Waals surface area contributed by atoms with Crippen molar-refractivity contribution >= 4 is 23.6 Å². The van der Waals surface area contributed by atoms with Gasteiger partial charge in [0.1, 0.15) is 11.9 Å². The van der Waals surface area contributed by atoms with Gasteiger partial charge in [-0.3, -0.25) is 9.59 Å². The Labute approximate surface area is 176 Å². The third kappa shape index (κ3) is 7.20. The van der Waals surface area contributed by atoms with Crippen molar-refractivity contribution in [3.63, 3.8) is 0 Å². The fourth-order valence-corrected chi connectivity index (χ4v) is 3.80. The molecule has 29 heavy (non-hydrogen) atoms. The minimum absolute atomic E-state index is 0.0361. The van der Waals surface area contributed by atoms with Gasteiger partial charge >= 0.3 is 0 Å². The van der Waals surface area contributed by atoms with E-state index in [1.54, 1.807) is 25.1 Å². The first-order valence-electron chi connectivity index (χ1n) is 9.74. The Morgan fingerprint density at radius 1 is 1.10 bits per heavy atom. The molecule has 0 aliphatic rings. The third-order valence-electron chi connectivity index (χ3n) is 4.47. The van der Waals surface area contributed by atoms with E-state index in [0.717, 1.165) is 5.56 Å². The van der Waals surface area contributed by atoms with Crippen LogP contribution >= 0.6 is 11.8 Å². The lowest BCUT2D eigenvalue weighted by atomic mass is 10.1. The predicted octanol–water partition coefficient (Wildman–Crippen LogP) is 4.31. The van der Waals surface area contributed by atoms with Crippen LogP contribution in [0.25, 0.3) is 0 Å². The van der Waals surface area contributed by atoms with Gasteiger partial charge in [-0.05, 0) is 39.3 Å². The van der Waals surface area contributed by atoms with Crippen molar-refractivity contribution < 1.29 is 14.0 Å². The summed E-state index contributed by atoms with van der Waals surface area (Å²) in [5.74, 6) is 0.120. The molecule has 0 aliphatic heterocycles. The van der Waals surface area contributed by atoms with E-state index in [-0.39, 0.29) is 36.0 Å². The molecule has 0 radical (unpaired) electrons. The summed E-state index contributed by atoms with van der Waals surface area (Å²) in [4.78, 5) is 26.9. The molecule has 2 aromatic rings. The zero-order valence-electron chi connectivity index (χ0n) is 17.4. The normalized spacial score (nSPS) is 11.9. The molecule has 0 spiro atoms. The molecule has 1 atom stereocenters. The molecule has 2 amide bonds. The molecule has 1 N–H and O–H groups in total. The highest BCUT2D eigenvalue weighted by Gasteiger charge is 2.27. The number of rotatable bonds is 9.